The lowest BCUT2D eigenvalue weighted by molar-refractivity contribution is 0.515. The Morgan fingerprint density at radius 2 is 2.00 bits per heavy atom. The average molecular weight is 303 g/mol. The molecule has 0 radical (unpaired) electrons. The Balaban J connectivity index is 1.91. The normalized spacial score (nSPS) is 11.0. The van der Waals surface area contributed by atoms with E-state index in [9.17, 15) is 4.79 Å². The lowest BCUT2D eigenvalue weighted by Crippen LogP contribution is -2.19. The lowest BCUT2D eigenvalue weighted by Gasteiger charge is -2.10. The summed E-state index contributed by atoms with van der Waals surface area (Å²) >= 11 is 5.90. The van der Waals surface area contributed by atoms with Crippen LogP contribution in [0.15, 0.2) is 45.6 Å². The van der Waals surface area contributed by atoms with E-state index in [0.717, 1.165) is 16.8 Å². The Morgan fingerprint density at radius 3 is 2.76 bits per heavy atom. The second-order valence-electron chi connectivity index (χ2n) is 5.06. The Hall–Kier alpha value is -2.20. The van der Waals surface area contributed by atoms with Crippen LogP contribution in [0.2, 0.25) is 5.02 Å². The summed E-state index contributed by atoms with van der Waals surface area (Å²) in [5, 5.41) is 3.81. The van der Waals surface area contributed by atoms with Crippen LogP contribution in [0.25, 0.3) is 11.1 Å². The SMILES string of the molecule is Cc1ccc(NCn2c(=O)oc3cc(Cl)ccc32)c(C)c1. The first-order chi connectivity index (χ1) is 10.0. The molecular weight excluding hydrogens is 288 g/mol. The summed E-state index contributed by atoms with van der Waals surface area (Å²) in [6.07, 6.45) is 0. The third-order valence-electron chi connectivity index (χ3n) is 3.44. The molecule has 0 spiro atoms. The van der Waals surface area contributed by atoms with Gasteiger partial charge in [-0.2, -0.15) is 0 Å². The van der Waals surface area contributed by atoms with Crippen LogP contribution in [-0.4, -0.2) is 4.57 Å². The first-order valence-corrected chi connectivity index (χ1v) is 7.02. The number of nitrogens with one attached hydrogen (secondary N) is 1. The molecule has 0 atom stereocenters. The Kier molecular flexibility index (Phi) is 3.47. The molecule has 0 bridgehead atoms. The zero-order valence-corrected chi connectivity index (χ0v) is 12.6. The molecule has 21 heavy (non-hydrogen) atoms. The maximum absolute atomic E-state index is 11.9. The summed E-state index contributed by atoms with van der Waals surface area (Å²) in [5.41, 5.74) is 4.56. The number of hydrogen-bond donors (Lipinski definition) is 1. The predicted molar refractivity (Wildman–Crippen MR) is 85.0 cm³/mol. The number of rotatable bonds is 3. The van der Waals surface area contributed by atoms with Crippen LogP contribution in [0.5, 0.6) is 0 Å². The summed E-state index contributed by atoms with van der Waals surface area (Å²) in [6.45, 7) is 4.43. The number of fused-ring (bicyclic) bond motifs is 1. The van der Waals surface area contributed by atoms with E-state index < -0.39 is 5.76 Å². The van der Waals surface area contributed by atoms with Crippen molar-refractivity contribution in [3.05, 3.63) is 63.1 Å². The van der Waals surface area contributed by atoms with E-state index in [-0.39, 0.29) is 0 Å². The number of aryl methyl sites for hydroxylation is 2. The van der Waals surface area contributed by atoms with Crippen molar-refractivity contribution in [1.82, 2.24) is 4.57 Å². The van der Waals surface area contributed by atoms with Crippen molar-refractivity contribution >= 4 is 28.4 Å². The second kappa shape index (κ2) is 5.30. The van der Waals surface area contributed by atoms with Crippen LogP contribution in [0.3, 0.4) is 0 Å². The van der Waals surface area contributed by atoms with E-state index >= 15 is 0 Å². The van der Waals surface area contributed by atoms with Crippen molar-refractivity contribution in [3.8, 4) is 0 Å². The molecular formula is C16H15ClN2O2. The molecule has 0 saturated heterocycles. The number of hydrogen-bond acceptors (Lipinski definition) is 3. The van der Waals surface area contributed by atoms with E-state index in [2.05, 4.69) is 18.3 Å². The molecule has 1 heterocycles. The summed E-state index contributed by atoms with van der Waals surface area (Å²) < 4.78 is 6.75. The highest BCUT2D eigenvalue weighted by molar-refractivity contribution is 6.31. The Bertz CT molecular complexity index is 864. The van der Waals surface area contributed by atoms with Crippen LogP contribution in [-0.2, 0) is 6.67 Å². The Labute approximate surface area is 127 Å². The molecule has 4 nitrogen and oxygen atoms in total. The third-order valence-corrected chi connectivity index (χ3v) is 3.67. The topological polar surface area (TPSA) is 47.2 Å². The minimum absolute atomic E-state index is 0.345. The molecule has 5 heteroatoms. The maximum Gasteiger partial charge on any atom is 0.421 e. The summed E-state index contributed by atoms with van der Waals surface area (Å²) in [7, 11) is 0. The van der Waals surface area contributed by atoms with Gasteiger partial charge in [-0.25, -0.2) is 4.79 Å². The quantitative estimate of drug-likeness (QED) is 0.797. The first kappa shape index (κ1) is 13.8. The molecule has 0 fully saturated rings. The van der Waals surface area contributed by atoms with Crippen LogP contribution in [0, 0.1) is 13.8 Å². The molecule has 1 N–H and O–H groups in total. The first-order valence-electron chi connectivity index (χ1n) is 6.64. The van der Waals surface area contributed by atoms with Gasteiger partial charge in [0, 0.05) is 16.8 Å². The van der Waals surface area contributed by atoms with Gasteiger partial charge in [-0.05, 0) is 37.6 Å². The number of oxazole rings is 1. The molecule has 0 aliphatic carbocycles. The molecule has 3 rings (SSSR count). The number of aromatic nitrogens is 1. The van der Waals surface area contributed by atoms with Gasteiger partial charge in [0.15, 0.2) is 5.58 Å². The molecule has 3 aromatic rings. The van der Waals surface area contributed by atoms with Gasteiger partial charge in [0.05, 0.1) is 12.2 Å². The van der Waals surface area contributed by atoms with Crippen molar-refractivity contribution in [2.75, 3.05) is 5.32 Å². The second-order valence-corrected chi connectivity index (χ2v) is 5.50. The molecule has 0 amide bonds. The fourth-order valence-corrected chi connectivity index (χ4v) is 2.53. The number of anilines is 1. The minimum Gasteiger partial charge on any atom is -0.408 e. The summed E-state index contributed by atoms with van der Waals surface area (Å²) in [5.74, 6) is -0.399. The third kappa shape index (κ3) is 2.67. The van der Waals surface area contributed by atoms with Gasteiger partial charge in [-0.1, -0.05) is 29.3 Å². The monoisotopic (exact) mass is 302 g/mol. The molecule has 108 valence electrons. The molecule has 0 aliphatic rings. The molecule has 2 aromatic carbocycles. The van der Waals surface area contributed by atoms with Crippen molar-refractivity contribution in [2.45, 2.75) is 20.5 Å². The fraction of sp³-hybridized carbons (Fsp3) is 0.188. The average Bonchev–Trinajstić information content (AvgIpc) is 2.72. The fourth-order valence-electron chi connectivity index (χ4n) is 2.37. The maximum atomic E-state index is 11.9. The Morgan fingerprint density at radius 1 is 1.19 bits per heavy atom. The zero-order valence-electron chi connectivity index (χ0n) is 11.8. The lowest BCUT2D eigenvalue weighted by atomic mass is 10.1. The summed E-state index contributed by atoms with van der Waals surface area (Å²) in [4.78, 5) is 11.9. The van der Waals surface area contributed by atoms with E-state index in [0.29, 0.717) is 17.3 Å². The van der Waals surface area contributed by atoms with Crippen LogP contribution in [0.1, 0.15) is 11.1 Å². The van der Waals surface area contributed by atoms with E-state index in [1.165, 1.54) is 5.56 Å². The van der Waals surface area contributed by atoms with E-state index in [1.807, 2.05) is 19.1 Å². The van der Waals surface area contributed by atoms with Gasteiger partial charge in [0.1, 0.15) is 0 Å². The van der Waals surface area contributed by atoms with Crippen LogP contribution >= 0.6 is 11.6 Å². The van der Waals surface area contributed by atoms with Crippen LogP contribution in [0.4, 0.5) is 5.69 Å². The molecule has 1 aromatic heterocycles. The van der Waals surface area contributed by atoms with E-state index in [4.69, 9.17) is 16.0 Å². The van der Waals surface area contributed by atoms with Gasteiger partial charge < -0.3 is 9.73 Å². The smallest absolute Gasteiger partial charge is 0.408 e. The minimum atomic E-state index is -0.399. The van der Waals surface area contributed by atoms with Crippen molar-refractivity contribution in [2.24, 2.45) is 0 Å². The van der Waals surface area contributed by atoms with Gasteiger partial charge in [-0.3, -0.25) is 4.57 Å². The van der Waals surface area contributed by atoms with Crippen molar-refractivity contribution in [1.29, 1.82) is 0 Å². The largest absolute Gasteiger partial charge is 0.421 e. The van der Waals surface area contributed by atoms with Gasteiger partial charge in [0.25, 0.3) is 0 Å². The highest BCUT2D eigenvalue weighted by Gasteiger charge is 2.09. The molecule has 0 aliphatic heterocycles. The number of nitrogens with zero attached hydrogens (tertiary/aromatic N) is 1. The zero-order chi connectivity index (χ0) is 15.0. The summed E-state index contributed by atoms with van der Waals surface area (Å²) in [6, 6.07) is 11.3. The van der Waals surface area contributed by atoms with Crippen molar-refractivity contribution < 1.29 is 4.42 Å². The molecule has 0 unspecified atom stereocenters. The number of benzene rings is 2. The predicted octanol–water partition coefficient (Wildman–Crippen LogP) is 3.93. The van der Waals surface area contributed by atoms with Gasteiger partial charge in [0.2, 0.25) is 0 Å². The van der Waals surface area contributed by atoms with Crippen molar-refractivity contribution in [3.63, 3.8) is 0 Å². The van der Waals surface area contributed by atoms with Crippen LogP contribution < -0.4 is 11.1 Å². The van der Waals surface area contributed by atoms with Gasteiger partial charge in [-0.15, -0.1) is 0 Å². The molecule has 0 saturated carbocycles. The standard InChI is InChI=1S/C16H15ClN2O2/c1-10-3-5-13(11(2)7-10)18-9-19-14-6-4-12(17)8-15(14)21-16(19)20/h3-8,18H,9H2,1-2H3. The highest BCUT2D eigenvalue weighted by atomic mass is 35.5. The van der Waals surface area contributed by atoms with Gasteiger partial charge >= 0.3 is 5.76 Å². The van der Waals surface area contributed by atoms with E-state index in [1.54, 1.807) is 22.8 Å². The highest BCUT2D eigenvalue weighted by Crippen LogP contribution is 2.20. The number of halogens is 1.